The summed E-state index contributed by atoms with van der Waals surface area (Å²) in [7, 11) is -3.70. The second-order valence-corrected chi connectivity index (χ2v) is 10.7. The lowest BCUT2D eigenvalue weighted by Crippen LogP contribution is -2.58. The molecule has 6 nitrogen and oxygen atoms in total. The molecule has 0 bridgehead atoms. The monoisotopic (exact) mass is 455 g/mol. The lowest BCUT2D eigenvalue weighted by atomic mass is 9.79. The Kier molecular flexibility index (Phi) is 7.16. The Bertz CT molecular complexity index is 994. The van der Waals surface area contributed by atoms with Gasteiger partial charge in [0.1, 0.15) is 0 Å². The van der Waals surface area contributed by atoms with E-state index in [4.69, 9.17) is 0 Å². The predicted octanol–water partition coefficient (Wildman–Crippen LogP) is 4.41. The molecular weight excluding hydrogens is 422 g/mol. The molecule has 2 aromatic rings. The molecule has 2 N–H and O–H groups in total. The molecule has 4 rings (SSSR count). The molecule has 1 saturated carbocycles. The number of carbonyl (C=O) groups excluding carboxylic acids is 1. The average molecular weight is 456 g/mol. The fraction of sp³-hybridized carbons (Fsp3) is 0.480. The van der Waals surface area contributed by atoms with Crippen molar-refractivity contribution in [2.45, 2.75) is 61.8 Å². The summed E-state index contributed by atoms with van der Waals surface area (Å²) in [6.45, 7) is 2.90. The van der Waals surface area contributed by atoms with Crippen molar-refractivity contribution >= 4 is 21.6 Å². The molecule has 0 aromatic heterocycles. The van der Waals surface area contributed by atoms with Crippen molar-refractivity contribution in [2.24, 2.45) is 0 Å². The van der Waals surface area contributed by atoms with E-state index in [9.17, 15) is 13.2 Å². The minimum Gasteiger partial charge on any atom is -0.350 e. The maximum Gasteiger partial charge on any atom is 0.261 e. The normalized spacial score (nSPS) is 19.2. The molecule has 1 aliphatic carbocycles. The van der Waals surface area contributed by atoms with Crippen molar-refractivity contribution in [1.82, 2.24) is 10.2 Å². The van der Waals surface area contributed by atoms with Crippen LogP contribution < -0.4 is 10.0 Å². The van der Waals surface area contributed by atoms with Gasteiger partial charge in [-0.3, -0.25) is 14.4 Å². The topological polar surface area (TPSA) is 78.5 Å². The highest BCUT2D eigenvalue weighted by Gasteiger charge is 2.38. The minimum atomic E-state index is -3.70. The minimum absolute atomic E-state index is 0.0667. The van der Waals surface area contributed by atoms with Crippen LogP contribution in [0.5, 0.6) is 0 Å². The van der Waals surface area contributed by atoms with Gasteiger partial charge in [0.05, 0.1) is 4.90 Å². The number of benzene rings is 2. The van der Waals surface area contributed by atoms with Crippen LogP contribution in [-0.2, 0) is 10.0 Å². The van der Waals surface area contributed by atoms with Crippen LogP contribution >= 0.6 is 0 Å². The molecule has 1 heterocycles. The first kappa shape index (κ1) is 22.8. The average Bonchev–Trinajstić information content (AvgIpc) is 2.84. The molecule has 1 amide bonds. The fourth-order valence-electron chi connectivity index (χ4n) is 5.04. The van der Waals surface area contributed by atoms with E-state index < -0.39 is 10.0 Å². The van der Waals surface area contributed by atoms with Crippen molar-refractivity contribution in [3.05, 3.63) is 60.2 Å². The predicted molar refractivity (Wildman–Crippen MR) is 127 cm³/mol. The Balaban J connectivity index is 1.41. The van der Waals surface area contributed by atoms with Crippen molar-refractivity contribution in [2.75, 3.05) is 24.4 Å². The van der Waals surface area contributed by atoms with Gasteiger partial charge in [-0.2, -0.15) is 0 Å². The highest BCUT2D eigenvalue weighted by atomic mass is 32.2. The highest BCUT2D eigenvalue weighted by Crippen LogP contribution is 2.35. The Labute approximate surface area is 191 Å². The van der Waals surface area contributed by atoms with Crippen LogP contribution in [0.1, 0.15) is 61.7 Å². The third-order valence-electron chi connectivity index (χ3n) is 6.84. The van der Waals surface area contributed by atoms with Crippen LogP contribution in [0.15, 0.2) is 59.5 Å². The number of likely N-dealkylation sites (tertiary alicyclic amines) is 1. The first-order valence-corrected chi connectivity index (χ1v) is 13.2. The third-order valence-corrected chi connectivity index (χ3v) is 8.24. The second-order valence-electron chi connectivity index (χ2n) is 9.01. The summed E-state index contributed by atoms with van der Waals surface area (Å²) in [5, 5.41) is 3.16. The van der Waals surface area contributed by atoms with Crippen molar-refractivity contribution in [1.29, 1.82) is 0 Å². The Morgan fingerprint density at radius 3 is 2.12 bits per heavy atom. The number of nitrogens with zero attached hydrogens (tertiary/aromatic N) is 1. The zero-order valence-electron chi connectivity index (χ0n) is 18.6. The summed E-state index contributed by atoms with van der Waals surface area (Å²) >= 11 is 0. The van der Waals surface area contributed by atoms with Gasteiger partial charge in [0.15, 0.2) is 0 Å². The highest BCUT2D eigenvalue weighted by molar-refractivity contribution is 7.92. The summed E-state index contributed by atoms with van der Waals surface area (Å²) in [4.78, 5) is 15.6. The third kappa shape index (κ3) is 5.33. The second kappa shape index (κ2) is 10.0. The van der Waals surface area contributed by atoms with Crippen molar-refractivity contribution < 1.29 is 13.2 Å². The number of nitrogens with one attached hydrogen (secondary N) is 2. The lowest BCUT2D eigenvalue weighted by molar-refractivity contribution is 0.0326. The smallest absolute Gasteiger partial charge is 0.261 e. The van der Waals surface area contributed by atoms with Gasteiger partial charge < -0.3 is 5.32 Å². The quantitative estimate of drug-likeness (QED) is 0.648. The fourth-order valence-corrected chi connectivity index (χ4v) is 6.09. The number of carbonyl (C=O) groups is 1. The van der Waals surface area contributed by atoms with Gasteiger partial charge in [-0.05, 0) is 75.2 Å². The molecule has 32 heavy (non-hydrogen) atoms. The molecule has 0 radical (unpaired) electrons. The number of anilines is 1. The molecule has 7 heteroatoms. The van der Waals surface area contributed by atoms with Crippen molar-refractivity contribution in [3.8, 4) is 0 Å². The van der Waals surface area contributed by atoms with Gasteiger partial charge in [-0.15, -0.1) is 0 Å². The first-order chi connectivity index (χ1) is 15.5. The maximum absolute atomic E-state index is 12.9. The Morgan fingerprint density at radius 1 is 0.844 bits per heavy atom. The SMILES string of the molecule is O=C(NCC1(N2CCCCC2)CCCCC1)c1ccc(S(=O)(=O)Nc2ccccc2)cc1. The van der Waals surface area contributed by atoms with Gasteiger partial charge in [-0.25, -0.2) is 8.42 Å². The summed E-state index contributed by atoms with van der Waals surface area (Å²) < 4.78 is 27.8. The summed E-state index contributed by atoms with van der Waals surface area (Å²) in [5.74, 6) is -0.146. The molecule has 2 aliphatic rings. The Hall–Kier alpha value is -2.38. The molecular formula is C25H33N3O3S. The zero-order valence-corrected chi connectivity index (χ0v) is 19.4. The van der Waals surface area contributed by atoms with E-state index in [0.717, 1.165) is 25.9 Å². The largest absolute Gasteiger partial charge is 0.350 e. The molecule has 2 fully saturated rings. The number of hydrogen-bond donors (Lipinski definition) is 2. The molecule has 1 aliphatic heterocycles. The van der Waals surface area contributed by atoms with Crippen LogP contribution in [-0.4, -0.2) is 44.4 Å². The van der Waals surface area contributed by atoms with Crippen LogP contribution in [0, 0.1) is 0 Å². The van der Waals surface area contributed by atoms with Gasteiger partial charge in [0, 0.05) is 23.3 Å². The van der Waals surface area contributed by atoms with Gasteiger partial charge >= 0.3 is 0 Å². The van der Waals surface area contributed by atoms with Crippen LogP contribution in [0.3, 0.4) is 0 Å². The van der Waals surface area contributed by atoms with E-state index in [2.05, 4.69) is 14.9 Å². The number of hydrogen-bond acceptors (Lipinski definition) is 4. The number of piperidine rings is 1. The van der Waals surface area contributed by atoms with Crippen LogP contribution in [0.2, 0.25) is 0 Å². The molecule has 2 aromatic carbocycles. The number of rotatable bonds is 7. The van der Waals surface area contributed by atoms with Crippen molar-refractivity contribution in [3.63, 3.8) is 0 Å². The van der Waals surface area contributed by atoms with E-state index in [1.54, 1.807) is 36.4 Å². The van der Waals surface area contributed by atoms with Crippen LogP contribution in [0.4, 0.5) is 5.69 Å². The van der Waals surface area contributed by atoms with E-state index in [1.165, 1.54) is 50.7 Å². The van der Waals surface area contributed by atoms with E-state index in [0.29, 0.717) is 17.8 Å². The van der Waals surface area contributed by atoms with E-state index in [1.807, 2.05) is 6.07 Å². The Morgan fingerprint density at radius 2 is 1.47 bits per heavy atom. The van der Waals surface area contributed by atoms with Gasteiger partial charge in [-0.1, -0.05) is 43.9 Å². The number of para-hydroxylation sites is 1. The summed E-state index contributed by atoms with van der Waals surface area (Å²) in [6, 6.07) is 14.9. The summed E-state index contributed by atoms with van der Waals surface area (Å²) in [5.41, 5.74) is 1.05. The molecule has 0 unspecified atom stereocenters. The first-order valence-electron chi connectivity index (χ1n) is 11.7. The zero-order chi connectivity index (χ0) is 22.4. The van der Waals surface area contributed by atoms with E-state index in [-0.39, 0.29) is 16.3 Å². The lowest BCUT2D eigenvalue weighted by Gasteiger charge is -2.48. The number of sulfonamides is 1. The maximum atomic E-state index is 12.9. The molecule has 172 valence electrons. The van der Waals surface area contributed by atoms with E-state index >= 15 is 0 Å². The molecule has 0 spiro atoms. The van der Waals surface area contributed by atoms with Crippen LogP contribution in [0.25, 0.3) is 0 Å². The standard InChI is InChI=1S/C25H33N3O3S/c29-24(26-20-25(16-6-2-7-17-25)28-18-8-3-9-19-28)21-12-14-23(15-13-21)32(30,31)27-22-10-4-1-5-11-22/h1,4-5,10-15,27H,2-3,6-9,16-20H2,(H,26,29). The molecule has 0 atom stereocenters. The van der Waals surface area contributed by atoms with Gasteiger partial charge in [0.25, 0.3) is 15.9 Å². The summed E-state index contributed by atoms with van der Waals surface area (Å²) in [6.07, 6.45) is 9.75. The molecule has 1 saturated heterocycles. The number of amides is 1. The van der Waals surface area contributed by atoms with Gasteiger partial charge in [0.2, 0.25) is 0 Å².